The van der Waals surface area contributed by atoms with Crippen LogP contribution < -0.4 is 5.32 Å². The molecule has 3 rings (SSSR count). The van der Waals surface area contributed by atoms with E-state index in [9.17, 15) is 27.6 Å². The van der Waals surface area contributed by atoms with E-state index in [4.69, 9.17) is 4.74 Å². The van der Waals surface area contributed by atoms with Gasteiger partial charge in [0.1, 0.15) is 0 Å². The Kier molecular flexibility index (Phi) is 15.6. The lowest BCUT2D eigenvalue weighted by atomic mass is 9.89. The van der Waals surface area contributed by atoms with Crippen LogP contribution in [0.4, 0.5) is 18.9 Å². The summed E-state index contributed by atoms with van der Waals surface area (Å²) in [6.45, 7) is 3.93. The van der Waals surface area contributed by atoms with Crippen LogP contribution in [-0.2, 0) is 31.8 Å². The van der Waals surface area contributed by atoms with Gasteiger partial charge < -0.3 is 15.0 Å². The third-order valence-corrected chi connectivity index (χ3v) is 8.82. The third-order valence-electron chi connectivity index (χ3n) is 8.82. The standard InChI is InChI=1S/C37H51F3N2O4/c1-3-5-6-7-8-9-10-11-12-13-18-33(43)41-32-25-19-28(20-26-32)27-42(35(44)36(45)46-4-2)34(29-16-14-15-17-29)30-21-23-31(24-22-30)37(38,39)40/h19-26,29,34H,3-18,27H2,1-2H3,(H,41,43). The molecule has 6 nitrogen and oxygen atoms in total. The van der Waals surface area contributed by atoms with E-state index in [1.165, 1.54) is 62.0 Å². The Labute approximate surface area is 272 Å². The van der Waals surface area contributed by atoms with Crippen molar-refractivity contribution in [3.63, 3.8) is 0 Å². The third kappa shape index (κ3) is 12.1. The van der Waals surface area contributed by atoms with Crippen LogP contribution in [0.15, 0.2) is 48.5 Å². The fourth-order valence-electron chi connectivity index (χ4n) is 6.34. The molecule has 2 aromatic rings. The van der Waals surface area contributed by atoms with E-state index in [1.807, 2.05) is 0 Å². The van der Waals surface area contributed by atoms with Crippen LogP contribution in [0.2, 0.25) is 0 Å². The SMILES string of the molecule is CCCCCCCCCCCCC(=O)Nc1ccc(CN(C(=O)C(=O)OCC)C(c2ccc(C(F)(F)F)cc2)C2CCCC2)cc1. The van der Waals surface area contributed by atoms with Crippen molar-refractivity contribution in [2.24, 2.45) is 5.92 Å². The zero-order valence-corrected chi connectivity index (χ0v) is 27.5. The highest BCUT2D eigenvalue weighted by molar-refractivity contribution is 6.32. The van der Waals surface area contributed by atoms with Gasteiger partial charge in [-0.2, -0.15) is 13.2 Å². The van der Waals surface area contributed by atoms with E-state index in [0.29, 0.717) is 17.7 Å². The summed E-state index contributed by atoms with van der Waals surface area (Å²) in [6, 6.07) is 11.4. The minimum Gasteiger partial charge on any atom is -0.459 e. The highest BCUT2D eigenvalue weighted by Crippen LogP contribution is 2.41. The highest BCUT2D eigenvalue weighted by Gasteiger charge is 2.38. The van der Waals surface area contributed by atoms with Crippen LogP contribution in [-0.4, -0.2) is 29.3 Å². The minimum atomic E-state index is -4.48. The molecule has 0 aromatic heterocycles. The topological polar surface area (TPSA) is 75.7 Å². The second-order valence-corrected chi connectivity index (χ2v) is 12.4. The van der Waals surface area contributed by atoms with E-state index >= 15 is 0 Å². The van der Waals surface area contributed by atoms with Crippen molar-refractivity contribution in [1.82, 2.24) is 4.90 Å². The van der Waals surface area contributed by atoms with Gasteiger partial charge in [0.25, 0.3) is 0 Å². The van der Waals surface area contributed by atoms with E-state index in [0.717, 1.165) is 62.6 Å². The zero-order valence-electron chi connectivity index (χ0n) is 27.5. The summed E-state index contributed by atoms with van der Waals surface area (Å²) in [5.41, 5.74) is 1.14. The van der Waals surface area contributed by atoms with Gasteiger partial charge in [0, 0.05) is 18.7 Å². The number of carbonyl (C=O) groups is 3. The first-order valence-corrected chi connectivity index (χ1v) is 17.2. The van der Waals surface area contributed by atoms with Gasteiger partial charge in [0.05, 0.1) is 18.2 Å². The number of hydrogen-bond acceptors (Lipinski definition) is 4. The van der Waals surface area contributed by atoms with Crippen molar-refractivity contribution in [1.29, 1.82) is 0 Å². The van der Waals surface area contributed by atoms with E-state index in [-0.39, 0.29) is 25.0 Å². The maximum Gasteiger partial charge on any atom is 0.416 e. The molecule has 1 atom stereocenters. The molecule has 46 heavy (non-hydrogen) atoms. The van der Waals surface area contributed by atoms with Gasteiger partial charge >= 0.3 is 18.1 Å². The molecule has 1 unspecified atom stereocenters. The summed E-state index contributed by atoms with van der Waals surface area (Å²) < 4.78 is 45.0. The number of halogens is 3. The number of carbonyl (C=O) groups excluding carboxylic acids is 3. The number of benzene rings is 2. The van der Waals surface area contributed by atoms with Crippen molar-refractivity contribution in [3.8, 4) is 0 Å². The average molecular weight is 645 g/mol. The van der Waals surface area contributed by atoms with E-state index in [1.54, 1.807) is 31.2 Å². The van der Waals surface area contributed by atoms with E-state index in [2.05, 4.69) is 12.2 Å². The molecule has 0 aliphatic heterocycles. The summed E-state index contributed by atoms with van der Waals surface area (Å²) in [6.07, 6.45) is 11.5. The van der Waals surface area contributed by atoms with Crippen molar-refractivity contribution in [2.75, 3.05) is 11.9 Å². The maximum atomic E-state index is 13.5. The Hall–Kier alpha value is -3.36. The van der Waals surface area contributed by atoms with Crippen LogP contribution in [0.5, 0.6) is 0 Å². The van der Waals surface area contributed by atoms with Crippen molar-refractivity contribution >= 4 is 23.5 Å². The molecule has 0 spiro atoms. The highest BCUT2D eigenvalue weighted by atomic mass is 19.4. The molecule has 1 fully saturated rings. The molecule has 2 aromatic carbocycles. The molecule has 0 radical (unpaired) electrons. The van der Waals surface area contributed by atoms with Gasteiger partial charge in [-0.3, -0.25) is 9.59 Å². The molecule has 2 amide bonds. The zero-order chi connectivity index (χ0) is 33.4. The Morgan fingerprint density at radius 3 is 1.93 bits per heavy atom. The first-order valence-electron chi connectivity index (χ1n) is 17.2. The second-order valence-electron chi connectivity index (χ2n) is 12.4. The lowest BCUT2D eigenvalue weighted by molar-refractivity contribution is -0.162. The molecule has 0 heterocycles. The van der Waals surface area contributed by atoms with Gasteiger partial charge in [0.15, 0.2) is 0 Å². The predicted molar refractivity (Wildman–Crippen MR) is 175 cm³/mol. The Morgan fingerprint density at radius 2 is 1.39 bits per heavy atom. The average Bonchev–Trinajstić information content (AvgIpc) is 3.56. The molecule has 0 bridgehead atoms. The summed E-state index contributed by atoms with van der Waals surface area (Å²) in [5.74, 6) is -1.88. The number of hydrogen-bond donors (Lipinski definition) is 1. The number of esters is 1. The molecular weight excluding hydrogens is 593 g/mol. The van der Waals surface area contributed by atoms with Crippen molar-refractivity contribution < 1.29 is 32.3 Å². The molecule has 1 saturated carbocycles. The first-order chi connectivity index (χ1) is 22.1. The van der Waals surface area contributed by atoms with Crippen LogP contribution in [0.25, 0.3) is 0 Å². The number of rotatable bonds is 18. The van der Waals surface area contributed by atoms with Crippen molar-refractivity contribution in [3.05, 3.63) is 65.2 Å². The first kappa shape index (κ1) is 37.1. The predicted octanol–water partition coefficient (Wildman–Crippen LogP) is 9.78. The normalized spacial score (nSPS) is 14.2. The molecule has 9 heteroatoms. The summed E-state index contributed by atoms with van der Waals surface area (Å²) >= 11 is 0. The van der Waals surface area contributed by atoms with Crippen LogP contribution in [0.3, 0.4) is 0 Å². The molecular formula is C37H51F3N2O4. The quantitative estimate of drug-likeness (QED) is 0.0996. The lowest BCUT2D eigenvalue weighted by Gasteiger charge is -2.36. The number of nitrogens with one attached hydrogen (secondary N) is 1. The molecule has 1 aliphatic rings. The Balaban J connectivity index is 1.64. The number of nitrogens with zero attached hydrogens (tertiary/aromatic N) is 1. The largest absolute Gasteiger partial charge is 0.459 e. The summed E-state index contributed by atoms with van der Waals surface area (Å²) in [7, 11) is 0. The lowest BCUT2D eigenvalue weighted by Crippen LogP contribution is -2.42. The van der Waals surface area contributed by atoms with Crippen LogP contribution >= 0.6 is 0 Å². The number of amides is 2. The second kappa shape index (κ2) is 19.3. The molecule has 0 saturated heterocycles. The number of unbranched alkanes of at least 4 members (excludes halogenated alkanes) is 9. The molecule has 1 aliphatic carbocycles. The monoisotopic (exact) mass is 644 g/mol. The fourth-order valence-corrected chi connectivity index (χ4v) is 6.34. The van der Waals surface area contributed by atoms with Gasteiger partial charge in [-0.25, -0.2) is 4.79 Å². The number of anilines is 1. The number of alkyl halides is 3. The molecule has 1 N–H and O–H groups in total. The fraction of sp³-hybridized carbons (Fsp3) is 0.595. The summed E-state index contributed by atoms with van der Waals surface area (Å²) in [4.78, 5) is 40.2. The van der Waals surface area contributed by atoms with Gasteiger partial charge in [-0.1, -0.05) is 102 Å². The Morgan fingerprint density at radius 1 is 0.826 bits per heavy atom. The van der Waals surface area contributed by atoms with Crippen LogP contribution in [0.1, 0.15) is 133 Å². The Bertz CT molecular complexity index is 1210. The number of ether oxygens (including phenoxy) is 1. The smallest absolute Gasteiger partial charge is 0.416 e. The minimum absolute atomic E-state index is 0.0144. The summed E-state index contributed by atoms with van der Waals surface area (Å²) in [5, 5.41) is 2.94. The maximum absolute atomic E-state index is 13.5. The van der Waals surface area contributed by atoms with Gasteiger partial charge in [0.2, 0.25) is 5.91 Å². The van der Waals surface area contributed by atoms with Crippen LogP contribution in [0, 0.1) is 5.92 Å². The van der Waals surface area contributed by atoms with Crippen molar-refractivity contribution in [2.45, 2.75) is 129 Å². The van der Waals surface area contributed by atoms with Gasteiger partial charge in [-0.15, -0.1) is 0 Å². The van der Waals surface area contributed by atoms with Gasteiger partial charge in [-0.05, 0) is 67.5 Å². The molecule has 254 valence electrons. The van der Waals surface area contributed by atoms with E-state index < -0.39 is 29.7 Å².